The van der Waals surface area contributed by atoms with Gasteiger partial charge >= 0.3 is 0 Å². The van der Waals surface area contributed by atoms with Crippen molar-refractivity contribution in [1.82, 2.24) is 15.1 Å². The summed E-state index contributed by atoms with van der Waals surface area (Å²) in [7, 11) is 2.00. The van der Waals surface area contributed by atoms with Crippen molar-refractivity contribution in [1.29, 1.82) is 0 Å². The maximum Gasteiger partial charge on any atom is 0.219 e. The molecular weight excluding hydrogens is 422 g/mol. The van der Waals surface area contributed by atoms with E-state index in [0.717, 1.165) is 32.2 Å². The second kappa shape index (κ2) is 10.7. The molecule has 0 aliphatic carbocycles. The third kappa shape index (κ3) is 5.37. The highest BCUT2D eigenvalue weighted by Gasteiger charge is 2.30. The Morgan fingerprint density at radius 3 is 2.85 bits per heavy atom. The largest absolute Gasteiger partial charge is 0.374 e. The van der Waals surface area contributed by atoms with Gasteiger partial charge in [-0.3, -0.25) is 4.79 Å². The van der Waals surface area contributed by atoms with Crippen LogP contribution in [0.15, 0.2) is 59.6 Å². The molecule has 0 bridgehead atoms. The Morgan fingerprint density at radius 1 is 1.26 bits per heavy atom. The van der Waals surface area contributed by atoms with Gasteiger partial charge in [0.15, 0.2) is 0 Å². The van der Waals surface area contributed by atoms with Gasteiger partial charge in [0.25, 0.3) is 0 Å². The molecule has 5 heteroatoms. The predicted octanol–water partition coefficient (Wildman–Crippen LogP) is 5.16. The minimum absolute atomic E-state index is 0.0262. The third-order valence-electron chi connectivity index (χ3n) is 7.15. The summed E-state index contributed by atoms with van der Waals surface area (Å²) in [4.78, 5) is 16.5. The number of hydrogen-bond donors (Lipinski definition) is 1. The molecule has 3 heterocycles. The van der Waals surface area contributed by atoms with Crippen LogP contribution in [0.1, 0.15) is 63.6 Å². The SMILES string of the molecule is CNCc1ccc2c(c1)CCC/C=C1\C=C(C)C=CN1/C(CC1CN(C(C)=O)C(C)CO1)=C/2C. The number of allylic oxidation sites excluding steroid dienone is 5. The highest BCUT2D eigenvalue weighted by molar-refractivity contribution is 5.74. The molecule has 2 unspecified atom stereocenters. The lowest BCUT2D eigenvalue weighted by atomic mass is 9.90. The maximum absolute atomic E-state index is 12.2. The number of amides is 1. The highest BCUT2D eigenvalue weighted by Crippen LogP contribution is 2.35. The van der Waals surface area contributed by atoms with Gasteiger partial charge in [0, 0.05) is 44.0 Å². The quantitative estimate of drug-likeness (QED) is 0.673. The summed E-state index contributed by atoms with van der Waals surface area (Å²) in [6.07, 6.45) is 13.0. The van der Waals surface area contributed by atoms with Crippen molar-refractivity contribution in [3.63, 3.8) is 0 Å². The number of carbonyl (C=O) groups is 1. The molecule has 3 aliphatic heterocycles. The first-order valence-corrected chi connectivity index (χ1v) is 12.6. The molecule has 4 rings (SSSR count). The van der Waals surface area contributed by atoms with E-state index in [1.165, 1.54) is 39.2 Å². The number of nitrogens with one attached hydrogen (secondary N) is 1. The number of aryl methyl sites for hydroxylation is 1. The van der Waals surface area contributed by atoms with Gasteiger partial charge in [0.05, 0.1) is 18.8 Å². The zero-order valence-electron chi connectivity index (χ0n) is 21.4. The number of benzene rings is 1. The number of rotatable bonds is 4. The lowest BCUT2D eigenvalue weighted by Crippen LogP contribution is -2.50. The van der Waals surface area contributed by atoms with Gasteiger partial charge in [0.1, 0.15) is 0 Å². The molecular formula is C29H39N3O2. The van der Waals surface area contributed by atoms with Crippen LogP contribution in [0.4, 0.5) is 0 Å². The molecule has 1 saturated heterocycles. The Morgan fingerprint density at radius 2 is 2.09 bits per heavy atom. The van der Waals surface area contributed by atoms with Crippen molar-refractivity contribution in [2.75, 3.05) is 20.2 Å². The first kappa shape index (κ1) is 24.5. The molecule has 0 radical (unpaired) electrons. The van der Waals surface area contributed by atoms with Crippen molar-refractivity contribution in [2.45, 2.75) is 72.1 Å². The van der Waals surface area contributed by atoms with Crippen molar-refractivity contribution in [2.24, 2.45) is 0 Å². The summed E-state index contributed by atoms with van der Waals surface area (Å²) in [5.74, 6) is 0.122. The van der Waals surface area contributed by atoms with Gasteiger partial charge < -0.3 is 19.9 Å². The smallest absolute Gasteiger partial charge is 0.219 e. The fourth-order valence-electron chi connectivity index (χ4n) is 5.29. The van der Waals surface area contributed by atoms with Crippen molar-refractivity contribution < 1.29 is 9.53 Å². The van der Waals surface area contributed by atoms with Crippen LogP contribution >= 0.6 is 0 Å². The molecule has 182 valence electrons. The Balaban J connectivity index is 1.77. The fourth-order valence-corrected chi connectivity index (χ4v) is 5.29. The van der Waals surface area contributed by atoms with Gasteiger partial charge in [-0.1, -0.05) is 24.3 Å². The lowest BCUT2D eigenvalue weighted by Gasteiger charge is -2.39. The fraction of sp³-hybridized carbons (Fsp3) is 0.483. The molecule has 2 atom stereocenters. The molecule has 1 aromatic carbocycles. The molecule has 0 aromatic heterocycles. The van der Waals surface area contributed by atoms with E-state index in [0.29, 0.717) is 13.2 Å². The Labute approximate surface area is 204 Å². The molecule has 5 nitrogen and oxygen atoms in total. The summed E-state index contributed by atoms with van der Waals surface area (Å²) < 4.78 is 6.27. The second-order valence-electron chi connectivity index (χ2n) is 9.87. The number of carbonyl (C=O) groups excluding carboxylic acids is 1. The van der Waals surface area contributed by atoms with Gasteiger partial charge in [0.2, 0.25) is 5.91 Å². The van der Waals surface area contributed by atoms with Crippen LogP contribution in [0.2, 0.25) is 0 Å². The van der Waals surface area contributed by atoms with Crippen LogP contribution in [0.5, 0.6) is 0 Å². The first-order chi connectivity index (χ1) is 16.4. The van der Waals surface area contributed by atoms with E-state index >= 15 is 0 Å². The van der Waals surface area contributed by atoms with Crippen molar-refractivity contribution in [3.05, 3.63) is 76.3 Å². The van der Waals surface area contributed by atoms with Gasteiger partial charge in [-0.15, -0.1) is 0 Å². The number of hydrogen-bond acceptors (Lipinski definition) is 4. The van der Waals surface area contributed by atoms with Crippen LogP contribution in [0.25, 0.3) is 5.57 Å². The molecule has 0 saturated carbocycles. The zero-order chi connectivity index (χ0) is 24.2. The van der Waals surface area contributed by atoms with Crippen LogP contribution in [0.3, 0.4) is 0 Å². The highest BCUT2D eigenvalue weighted by atomic mass is 16.5. The maximum atomic E-state index is 12.2. The lowest BCUT2D eigenvalue weighted by molar-refractivity contribution is -0.141. The summed E-state index contributed by atoms with van der Waals surface area (Å²) in [5.41, 5.74) is 9.09. The normalized spacial score (nSPS) is 26.9. The van der Waals surface area contributed by atoms with Crippen LogP contribution in [0, 0.1) is 0 Å². The van der Waals surface area contributed by atoms with Crippen LogP contribution < -0.4 is 5.32 Å². The molecule has 3 aliphatic rings. The second-order valence-corrected chi connectivity index (χ2v) is 9.87. The summed E-state index contributed by atoms with van der Waals surface area (Å²) >= 11 is 0. The van der Waals surface area contributed by atoms with E-state index in [2.05, 4.69) is 73.6 Å². The average molecular weight is 462 g/mol. The number of fused-ring (bicyclic) bond motifs is 2. The molecule has 1 N–H and O–H groups in total. The molecule has 1 aromatic rings. The van der Waals surface area contributed by atoms with E-state index in [4.69, 9.17) is 4.74 Å². The molecule has 1 fully saturated rings. The molecule has 0 spiro atoms. The third-order valence-corrected chi connectivity index (χ3v) is 7.15. The summed E-state index contributed by atoms with van der Waals surface area (Å²) in [5, 5.41) is 3.28. The Hall–Kier alpha value is -2.63. The van der Waals surface area contributed by atoms with Crippen molar-refractivity contribution >= 4 is 11.5 Å². The number of morpholine rings is 1. The van der Waals surface area contributed by atoms with Gasteiger partial charge in [-0.05, 0) is 87.1 Å². The Kier molecular flexibility index (Phi) is 7.74. The Bertz CT molecular complexity index is 1050. The monoisotopic (exact) mass is 461 g/mol. The van der Waals surface area contributed by atoms with E-state index in [9.17, 15) is 4.79 Å². The van der Waals surface area contributed by atoms with E-state index < -0.39 is 0 Å². The molecule has 34 heavy (non-hydrogen) atoms. The van der Waals surface area contributed by atoms with Crippen LogP contribution in [-0.2, 0) is 22.5 Å². The minimum Gasteiger partial charge on any atom is -0.374 e. The zero-order valence-corrected chi connectivity index (χ0v) is 21.4. The predicted molar refractivity (Wildman–Crippen MR) is 139 cm³/mol. The van der Waals surface area contributed by atoms with Gasteiger partial charge in [-0.2, -0.15) is 0 Å². The minimum atomic E-state index is -0.0262. The first-order valence-electron chi connectivity index (χ1n) is 12.6. The van der Waals surface area contributed by atoms with Crippen molar-refractivity contribution in [3.8, 4) is 0 Å². The average Bonchev–Trinajstić information content (AvgIpc) is 2.81. The van der Waals surface area contributed by atoms with E-state index in [-0.39, 0.29) is 18.1 Å². The number of nitrogens with zero attached hydrogens (tertiary/aromatic N) is 2. The van der Waals surface area contributed by atoms with Crippen LogP contribution in [-0.4, -0.2) is 48.1 Å². The summed E-state index contributed by atoms with van der Waals surface area (Å²) in [6.45, 7) is 10.2. The standard InChI is InChI=1S/C29H39N3O2/c1-20-12-13-31-26(14-20)9-7-6-8-25-15-24(17-30-5)10-11-28(25)22(3)29(31)16-27-18-32(23(4)33)21(2)19-34-27/h9-15,21,27,30H,6-8,16-19H2,1-5H3/b26-9+,29-22+. The topological polar surface area (TPSA) is 44.8 Å². The van der Waals surface area contributed by atoms with E-state index in [1.807, 2.05) is 11.9 Å². The van der Waals surface area contributed by atoms with E-state index in [1.54, 1.807) is 6.92 Å². The number of ether oxygens (including phenoxy) is 1. The molecule has 1 amide bonds. The summed E-state index contributed by atoms with van der Waals surface area (Å²) in [6, 6.07) is 7.02. The van der Waals surface area contributed by atoms with Gasteiger partial charge in [-0.25, -0.2) is 0 Å².